The molecular formula is C21H26N2O4. The van der Waals surface area contributed by atoms with Crippen LogP contribution in [0.5, 0.6) is 0 Å². The van der Waals surface area contributed by atoms with E-state index in [2.05, 4.69) is 10.3 Å². The highest BCUT2D eigenvalue weighted by Crippen LogP contribution is 2.49. The van der Waals surface area contributed by atoms with Crippen LogP contribution in [0.25, 0.3) is 10.9 Å². The van der Waals surface area contributed by atoms with Crippen LogP contribution in [-0.4, -0.2) is 47.5 Å². The molecule has 0 amide bonds. The number of methoxy groups -OCH3 is 1. The topological polar surface area (TPSA) is 94.6 Å². The van der Waals surface area contributed by atoms with E-state index in [-0.39, 0.29) is 18.6 Å². The van der Waals surface area contributed by atoms with Gasteiger partial charge in [0.1, 0.15) is 5.41 Å². The van der Waals surface area contributed by atoms with E-state index in [1.54, 1.807) is 0 Å². The van der Waals surface area contributed by atoms with Crippen LogP contribution in [0.2, 0.25) is 0 Å². The number of ether oxygens (including phenoxy) is 1. The number of fused-ring (bicyclic) bond motifs is 5. The third kappa shape index (κ3) is 2.55. The molecule has 0 spiro atoms. The number of para-hydroxylation sites is 1. The van der Waals surface area contributed by atoms with Gasteiger partial charge in [-0.05, 0) is 31.4 Å². The van der Waals surface area contributed by atoms with Crippen molar-refractivity contribution in [3.8, 4) is 0 Å². The van der Waals surface area contributed by atoms with E-state index in [1.807, 2.05) is 37.3 Å². The maximum absolute atomic E-state index is 12.9. The van der Waals surface area contributed by atoms with Gasteiger partial charge in [0.15, 0.2) is 0 Å². The molecule has 144 valence electrons. The van der Waals surface area contributed by atoms with Gasteiger partial charge in [0, 0.05) is 35.1 Å². The molecule has 2 bridgehead atoms. The summed E-state index contributed by atoms with van der Waals surface area (Å²) in [5.74, 6) is -0.720. The summed E-state index contributed by atoms with van der Waals surface area (Å²) in [6.07, 6.45) is 2.11. The molecule has 2 heterocycles. The molecule has 6 nitrogen and oxygen atoms in total. The van der Waals surface area contributed by atoms with E-state index < -0.39 is 17.5 Å². The maximum Gasteiger partial charge on any atom is 0.316 e. The summed E-state index contributed by atoms with van der Waals surface area (Å²) in [5.41, 5.74) is 2.68. The van der Waals surface area contributed by atoms with Gasteiger partial charge in [-0.1, -0.05) is 29.8 Å². The number of hydrogen-bond donors (Lipinski definition) is 4. The van der Waals surface area contributed by atoms with Crippen LogP contribution in [0.4, 0.5) is 0 Å². The van der Waals surface area contributed by atoms with Crippen LogP contribution >= 0.6 is 0 Å². The molecule has 1 fully saturated rings. The molecule has 4 atom stereocenters. The first-order chi connectivity index (χ1) is 13.1. The Bertz CT molecular complexity index is 903. The summed E-state index contributed by atoms with van der Waals surface area (Å²) in [6, 6.07) is 7.66. The molecule has 4 unspecified atom stereocenters. The molecule has 0 saturated carbocycles. The van der Waals surface area contributed by atoms with Crippen molar-refractivity contribution in [3.05, 3.63) is 47.2 Å². The number of aliphatic hydroxyl groups is 2. The second kappa shape index (κ2) is 6.78. The average Bonchev–Trinajstić information content (AvgIpc) is 3.06. The standard InChI is InChI=1S/C21H26N2O4/c1-3-12-10-22-18-8-14-13-6-4-5-7-16(13)23-19(14)17(25)9-15(12)21(18,11-24)20(26)27-2/h3-7,15,17-18,22-25H,8-11H2,1-2H3. The highest BCUT2D eigenvalue weighted by atomic mass is 16.5. The number of nitrogens with one attached hydrogen (secondary N) is 2. The number of H-pyrrole nitrogens is 1. The summed E-state index contributed by atoms with van der Waals surface area (Å²) in [6.45, 7) is 2.23. The van der Waals surface area contributed by atoms with Gasteiger partial charge in [-0.25, -0.2) is 0 Å². The van der Waals surface area contributed by atoms with Crippen LogP contribution in [0.15, 0.2) is 35.9 Å². The predicted molar refractivity (Wildman–Crippen MR) is 102 cm³/mol. The number of esters is 1. The predicted octanol–water partition coefficient (Wildman–Crippen LogP) is 1.83. The van der Waals surface area contributed by atoms with Crippen LogP contribution in [0.1, 0.15) is 30.7 Å². The molecule has 4 rings (SSSR count). The van der Waals surface area contributed by atoms with Gasteiger partial charge in [-0.3, -0.25) is 4.79 Å². The fourth-order valence-electron chi connectivity index (χ4n) is 5.07. The molecule has 2 aromatic rings. The van der Waals surface area contributed by atoms with E-state index >= 15 is 0 Å². The number of carbonyl (C=O) groups excluding carboxylic acids is 1. The van der Waals surface area contributed by atoms with Crippen molar-refractivity contribution in [3.63, 3.8) is 0 Å². The molecule has 1 aliphatic heterocycles. The fourth-order valence-corrected chi connectivity index (χ4v) is 5.07. The van der Waals surface area contributed by atoms with Crippen molar-refractivity contribution in [2.24, 2.45) is 11.3 Å². The third-order valence-corrected chi connectivity index (χ3v) is 6.49. The first-order valence-corrected chi connectivity index (χ1v) is 9.42. The van der Waals surface area contributed by atoms with Gasteiger partial charge in [0.2, 0.25) is 0 Å². The van der Waals surface area contributed by atoms with Crippen molar-refractivity contribution in [1.82, 2.24) is 10.3 Å². The van der Waals surface area contributed by atoms with Gasteiger partial charge in [-0.2, -0.15) is 0 Å². The quantitative estimate of drug-likeness (QED) is 0.478. The Labute approximate surface area is 158 Å². The van der Waals surface area contributed by atoms with E-state index in [0.29, 0.717) is 19.4 Å². The summed E-state index contributed by atoms with van der Waals surface area (Å²) < 4.78 is 5.15. The largest absolute Gasteiger partial charge is 0.468 e. The monoisotopic (exact) mass is 370 g/mol. The molecule has 0 radical (unpaired) electrons. The van der Waals surface area contributed by atoms with Crippen molar-refractivity contribution in [2.75, 3.05) is 20.3 Å². The Morgan fingerprint density at radius 2 is 2.19 bits per heavy atom. The van der Waals surface area contributed by atoms with Gasteiger partial charge in [-0.15, -0.1) is 0 Å². The zero-order valence-corrected chi connectivity index (χ0v) is 15.7. The molecule has 6 heteroatoms. The Morgan fingerprint density at radius 3 is 2.89 bits per heavy atom. The molecule has 2 aliphatic rings. The molecule has 1 aromatic carbocycles. The minimum absolute atomic E-state index is 0.283. The summed E-state index contributed by atoms with van der Waals surface area (Å²) in [4.78, 5) is 16.3. The number of allylic oxidation sites excluding steroid dienone is 1. The third-order valence-electron chi connectivity index (χ3n) is 6.49. The number of rotatable bonds is 2. The van der Waals surface area contributed by atoms with E-state index in [9.17, 15) is 15.0 Å². The van der Waals surface area contributed by atoms with E-state index in [1.165, 1.54) is 7.11 Å². The Balaban J connectivity index is 1.93. The smallest absolute Gasteiger partial charge is 0.316 e. The highest BCUT2D eigenvalue weighted by molar-refractivity contribution is 5.86. The second-order valence-electron chi connectivity index (χ2n) is 7.56. The fraction of sp³-hybridized carbons (Fsp3) is 0.476. The van der Waals surface area contributed by atoms with Crippen LogP contribution < -0.4 is 5.32 Å². The van der Waals surface area contributed by atoms with Crippen molar-refractivity contribution in [2.45, 2.75) is 31.9 Å². The molecule has 1 saturated heterocycles. The Kier molecular flexibility index (Phi) is 4.58. The normalized spacial score (nSPS) is 32.0. The van der Waals surface area contributed by atoms with Crippen molar-refractivity contribution in [1.29, 1.82) is 0 Å². The van der Waals surface area contributed by atoms with Crippen LogP contribution in [0, 0.1) is 11.3 Å². The number of hydrogen-bond acceptors (Lipinski definition) is 5. The summed E-state index contributed by atoms with van der Waals surface area (Å²) in [7, 11) is 1.36. The van der Waals surface area contributed by atoms with Gasteiger partial charge in [0.05, 0.1) is 19.8 Å². The molecule has 4 N–H and O–H groups in total. The number of carbonyl (C=O) groups is 1. The van der Waals surface area contributed by atoms with E-state index in [0.717, 1.165) is 27.7 Å². The second-order valence-corrected chi connectivity index (χ2v) is 7.56. The van der Waals surface area contributed by atoms with E-state index in [4.69, 9.17) is 4.74 Å². The summed E-state index contributed by atoms with van der Waals surface area (Å²) in [5, 5.41) is 26.0. The van der Waals surface area contributed by atoms with Crippen molar-refractivity contribution < 1.29 is 19.7 Å². The maximum atomic E-state index is 12.9. The first kappa shape index (κ1) is 18.2. The SMILES string of the molecule is CC=C1CNC2Cc3c([nH]c4ccccc34)C(O)CC1C2(CO)C(=O)OC. The lowest BCUT2D eigenvalue weighted by Gasteiger charge is -2.50. The molecule has 1 aliphatic carbocycles. The van der Waals surface area contributed by atoms with Gasteiger partial charge < -0.3 is 25.3 Å². The average molecular weight is 370 g/mol. The lowest BCUT2D eigenvalue weighted by molar-refractivity contribution is -0.164. The minimum Gasteiger partial charge on any atom is -0.468 e. The number of aromatic nitrogens is 1. The first-order valence-electron chi connectivity index (χ1n) is 9.42. The van der Waals surface area contributed by atoms with Gasteiger partial charge >= 0.3 is 5.97 Å². The molecule has 1 aromatic heterocycles. The molecule has 27 heavy (non-hydrogen) atoms. The molecular weight excluding hydrogens is 344 g/mol. The number of piperidine rings is 1. The Morgan fingerprint density at radius 1 is 1.41 bits per heavy atom. The van der Waals surface area contributed by atoms with Crippen LogP contribution in [-0.2, 0) is 16.0 Å². The Hall–Kier alpha value is -2.15. The zero-order valence-electron chi connectivity index (χ0n) is 15.7. The zero-order chi connectivity index (χ0) is 19.2. The highest BCUT2D eigenvalue weighted by Gasteiger charge is 2.57. The number of benzene rings is 1. The number of aliphatic hydroxyl groups excluding tert-OH is 2. The van der Waals surface area contributed by atoms with Gasteiger partial charge in [0.25, 0.3) is 0 Å². The summed E-state index contributed by atoms with van der Waals surface area (Å²) >= 11 is 0. The van der Waals surface area contributed by atoms with Crippen LogP contribution in [0.3, 0.4) is 0 Å². The lowest BCUT2D eigenvalue weighted by Crippen LogP contribution is -2.63. The number of aromatic amines is 1. The lowest BCUT2D eigenvalue weighted by atomic mass is 9.60. The minimum atomic E-state index is -1.12. The van der Waals surface area contributed by atoms with Crippen molar-refractivity contribution >= 4 is 16.9 Å².